The molecule has 1 saturated heterocycles. The third-order valence-corrected chi connectivity index (χ3v) is 8.03. The average Bonchev–Trinajstić information content (AvgIpc) is 2.90. The summed E-state index contributed by atoms with van der Waals surface area (Å²) in [6, 6.07) is 11.9. The monoisotopic (exact) mass is 531 g/mol. The van der Waals surface area contributed by atoms with Gasteiger partial charge in [-0.05, 0) is 55.7 Å². The van der Waals surface area contributed by atoms with E-state index in [-0.39, 0.29) is 48.3 Å². The lowest BCUT2D eigenvalue weighted by Crippen LogP contribution is -2.53. The van der Waals surface area contributed by atoms with Crippen molar-refractivity contribution in [3.05, 3.63) is 53.6 Å². The summed E-state index contributed by atoms with van der Waals surface area (Å²) in [5.74, 6) is 0.660. The normalized spacial score (nSPS) is 21.5. The zero-order valence-corrected chi connectivity index (χ0v) is 22.0. The van der Waals surface area contributed by atoms with E-state index in [1.807, 2.05) is 24.3 Å². The number of nitrogens with one attached hydrogen (secondary N) is 2. The van der Waals surface area contributed by atoms with E-state index in [1.54, 1.807) is 38.1 Å². The highest BCUT2D eigenvalue weighted by atomic mass is 32.2. The average molecular weight is 532 g/mol. The summed E-state index contributed by atoms with van der Waals surface area (Å²) >= 11 is 0. The molecule has 2 aliphatic heterocycles. The molecule has 4 rings (SSSR count). The van der Waals surface area contributed by atoms with Gasteiger partial charge in [0.25, 0.3) is 5.91 Å². The first-order chi connectivity index (χ1) is 17.7. The molecule has 0 aromatic heterocycles. The van der Waals surface area contributed by atoms with Crippen LogP contribution in [-0.4, -0.2) is 69.9 Å². The Balaban J connectivity index is 1.37. The van der Waals surface area contributed by atoms with Crippen molar-refractivity contribution in [2.75, 3.05) is 31.2 Å². The van der Waals surface area contributed by atoms with E-state index in [4.69, 9.17) is 14.2 Å². The minimum absolute atomic E-state index is 0.0732. The number of carbonyl (C=O) groups excluding carboxylic acids is 2. The van der Waals surface area contributed by atoms with Crippen LogP contribution < -0.4 is 19.5 Å². The number of hydrogen-bond donors (Lipinski definition) is 2. The molecule has 2 amide bonds. The van der Waals surface area contributed by atoms with Crippen molar-refractivity contribution in [1.29, 1.82) is 0 Å². The molecule has 10 nitrogen and oxygen atoms in total. The molecular weight excluding hydrogens is 498 g/mol. The third-order valence-electron chi connectivity index (χ3n) is 6.73. The van der Waals surface area contributed by atoms with Gasteiger partial charge in [0.15, 0.2) is 0 Å². The minimum Gasteiger partial charge on any atom is -0.497 e. The molecule has 0 radical (unpaired) electrons. The van der Waals surface area contributed by atoms with Crippen LogP contribution in [-0.2, 0) is 26.1 Å². The van der Waals surface area contributed by atoms with Gasteiger partial charge in [0, 0.05) is 19.3 Å². The molecule has 0 unspecified atom stereocenters. The van der Waals surface area contributed by atoms with E-state index in [1.165, 1.54) is 6.07 Å². The highest BCUT2D eigenvalue weighted by molar-refractivity contribution is 7.92. The molecule has 0 saturated carbocycles. The van der Waals surface area contributed by atoms with Gasteiger partial charge in [-0.2, -0.15) is 0 Å². The Bertz CT molecular complexity index is 1230. The van der Waals surface area contributed by atoms with Crippen LogP contribution in [0.5, 0.6) is 11.5 Å². The fourth-order valence-corrected chi connectivity index (χ4v) is 5.20. The van der Waals surface area contributed by atoms with Crippen molar-refractivity contribution in [1.82, 2.24) is 10.2 Å². The number of anilines is 1. The van der Waals surface area contributed by atoms with Crippen LogP contribution in [0, 0.1) is 0 Å². The van der Waals surface area contributed by atoms with E-state index in [2.05, 4.69) is 10.0 Å². The summed E-state index contributed by atoms with van der Waals surface area (Å²) in [5.41, 5.74) is 1.57. The molecule has 2 heterocycles. The number of nitrogens with zero attached hydrogens (tertiary/aromatic N) is 1. The molecule has 2 aromatic rings. The lowest BCUT2D eigenvalue weighted by molar-refractivity contribution is -0.134. The lowest BCUT2D eigenvalue weighted by Gasteiger charge is -2.42. The Morgan fingerprint density at radius 2 is 1.92 bits per heavy atom. The molecular formula is C26H33N3O7S. The smallest absolute Gasteiger partial charge is 0.257 e. The first-order valence-corrected chi connectivity index (χ1v) is 13.9. The van der Waals surface area contributed by atoms with Crippen molar-refractivity contribution in [2.24, 2.45) is 0 Å². The number of carbonyl (C=O) groups is 2. The maximum Gasteiger partial charge on any atom is 0.257 e. The topological polar surface area (TPSA) is 123 Å². The van der Waals surface area contributed by atoms with E-state index >= 15 is 0 Å². The van der Waals surface area contributed by atoms with Crippen LogP contribution in [0.25, 0.3) is 0 Å². The highest BCUT2D eigenvalue weighted by Crippen LogP contribution is 2.32. The zero-order valence-electron chi connectivity index (χ0n) is 21.2. The summed E-state index contributed by atoms with van der Waals surface area (Å²) < 4.78 is 43.7. The fraction of sp³-hybridized carbons (Fsp3) is 0.462. The van der Waals surface area contributed by atoms with Crippen molar-refractivity contribution < 1.29 is 32.2 Å². The number of sulfonamides is 1. The van der Waals surface area contributed by atoms with Gasteiger partial charge in [0.05, 0.1) is 37.0 Å². The standard InChI is InChI=1S/C26H33N3O7S/c1-4-37(32,33)28-18-7-12-23-21(13-18)26(31)29(2)22-11-10-20(36-24(22)16-35-23)14-25(30)27-15-17-5-8-19(34-3)9-6-17/h5-9,12-13,20,22,24,28H,4,10-11,14-16H2,1-3H3,(H,27,30)/t20-,22+,24+/m0/s1. The molecule has 2 aliphatic rings. The van der Waals surface area contributed by atoms with Crippen molar-refractivity contribution >= 4 is 27.5 Å². The first kappa shape index (κ1) is 26.7. The quantitative estimate of drug-likeness (QED) is 0.537. The van der Waals surface area contributed by atoms with E-state index in [0.717, 1.165) is 11.3 Å². The largest absolute Gasteiger partial charge is 0.497 e. The molecule has 2 aromatic carbocycles. The van der Waals surface area contributed by atoms with Gasteiger partial charge in [-0.1, -0.05) is 12.1 Å². The minimum atomic E-state index is -3.48. The maximum absolute atomic E-state index is 13.3. The summed E-state index contributed by atoms with van der Waals surface area (Å²) in [7, 11) is -0.160. The van der Waals surface area contributed by atoms with Crippen LogP contribution in [0.4, 0.5) is 5.69 Å². The lowest BCUT2D eigenvalue weighted by atomic mass is 9.94. The summed E-state index contributed by atoms with van der Waals surface area (Å²) in [6.07, 6.45) is 0.818. The Morgan fingerprint density at radius 3 is 2.62 bits per heavy atom. The van der Waals surface area contributed by atoms with Crippen LogP contribution in [0.3, 0.4) is 0 Å². The highest BCUT2D eigenvalue weighted by Gasteiger charge is 2.39. The fourth-order valence-electron chi connectivity index (χ4n) is 4.57. The predicted molar refractivity (Wildman–Crippen MR) is 138 cm³/mol. The molecule has 37 heavy (non-hydrogen) atoms. The van der Waals surface area contributed by atoms with Crippen LogP contribution in [0.1, 0.15) is 42.1 Å². The SMILES string of the molecule is CCS(=O)(=O)Nc1ccc2c(c1)C(=O)N(C)[C@@H]1CC[C@@H](CC(=O)NCc3ccc(OC)cc3)O[C@@H]1CO2. The Labute approximate surface area is 217 Å². The van der Waals surface area contributed by atoms with E-state index in [9.17, 15) is 18.0 Å². The number of fused-ring (bicyclic) bond motifs is 2. The van der Waals surface area contributed by atoms with Gasteiger partial charge in [-0.15, -0.1) is 0 Å². The Hall–Kier alpha value is -3.31. The van der Waals surface area contributed by atoms with Crippen LogP contribution in [0.2, 0.25) is 0 Å². The number of amides is 2. The second kappa shape index (κ2) is 11.4. The zero-order chi connectivity index (χ0) is 26.6. The molecule has 1 fully saturated rings. The second-order valence-corrected chi connectivity index (χ2v) is 11.2. The Kier molecular flexibility index (Phi) is 8.23. The third kappa shape index (κ3) is 6.53. The molecule has 0 bridgehead atoms. The van der Waals surface area contributed by atoms with Crippen molar-refractivity contribution in [2.45, 2.75) is 51.0 Å². The van der Waals surface area contributed by atoms with Gasteiger partial charge in [-0.25, -0.2) is 8.42 Å². The van der Waals surface area contributed by atoms with Gasteiger partial charge in [-0.3, -0.25) is 14.3 Å². The molecule has 200 valence electrons. The predicted octanol–water partition coefficient (Wildman–Crippen LogP) is 2.54. The summed E-state index contributed by atoms with van der Waals surface area (Å²) in [4.78, 5) is 27.5. The number of hydrogen-bond acceptors (Lipinski definition) is 7. The molecule has 11 heteroatoms. The summed E-state index contributed by atoms with van der Waals surface area (Å²) in [6.45, 7) is 2.16. The van der Waals surface area contributed by atoms with Gasteiger partial charge >= 0.3 is 0 Å². The van der Waals surface area contributed by atoms with Gasteiger partial charge in [0.1, 0.15) is 24.2 Å². The number of rotatable bonds is 8. The van der Waals surface area contributed by atoms with Crippen LogP contribution in [0.15, 0.2) is 42.5 Å². The van der Waals surface area contributed by atoms with E-state index < -0.39 is 16.1 Å². The number of methoxy groups -OCH3 is 1. The summed E-state index contributed by atoms with van der Waals surface area (Å²) in [5, 5.41) is 2.93. The van der Waals surface area contributed by atoms with Crippen molar-refractivity contribution in [3.63, 3.8) is 0 Å². The van der Waals surface area contributed by atoms with Gasteiger partial charge < -0.3 is 24.4 Å². The molecule has 0 spiro atoms. The molecule has 3 atom stereocenters. The number of likely N-dealkylation sites (N-methyl/N-ethyl adjacent to an activating group) is 1. The molecule has 0 aliphatic carbocycles. The van der Waals surface area contributed by atoms with Crippen molar-refractivity contribution in [3.8, 4) is 11.5 Å². The first-order valence-electron chi connectivity index (χ1n) is 12.3. The van der Waals surface area contributed by atoms with E-state index in [0.29, 0.717) is 30.8 Å². The Morgan fingerprint density at radius 1 is 1.16 bits per heavy atom. The number of benzene rings is 2. The maximum atomic E-state index is 13.3. The molecule has 2 N–H and O–H groups in total. The van der Waals surface area contributed by atoms with Gasteiger partial charge in [0.2, 0.25) is 15.9 Å². The second-order valence-electron chi connectivity index (χ2n) is 9.21. The number of ether oxygens (including phenoxy) is 3. The van der Waals surface area contributed by atoms with Crippen LogP contribution >= 0.6 is 0 Å².